The number of rotatable bonds is 9. The Morgan fingerprint density at radius 3 is 2.27 bits per heavy atom. The zero-order valence-electron chi connectivity index (χ0n) is 18.7. The molecule has 0 spiro atoms. The molecule has 1 unspecified atom stereocenters. The fraction of sp³-hybridized carbons (Fsp3) is 0.240. The van der Waals surface area contributed by atoms with E-state index in [9.17, 15) is 17.6 Å². The van der Waals surface area contributed by atoms with Crippen molar-refractivity contribution in [3.8, 4) is 5.75 Å². The molecule has 0 aliphatic heterocycles. The minimum absolute atomic E-state index is 0.0378. The van der Waals surface area contributed by atoms with Gasteiger partial charge in [-0.15, -0.1) is 0 Å². The maximum atomic E-state index is 13.0. The van der Waals surface area contributed by atoms with Gasteiger partial charge in [0.25, 0.3) is 10.0 Å². The minimum atomic E-state index is -3.83. The molecule has 1 amide bonds. The van der Waals surface area contributed by atoms with Crippen LogP contribution in [0.4, 0.5) is 10.1 Å². The molecule has 0 saturated carbocycles. The number of hydrogen-bond donors (Lipinski definition) is 2. The standard InChI is InChI=1S/C25H27FN2O4S/c1-17(2)32-23-6-4-5-20(16-23)18(3)27-25(29)15-19-7-11-22(12-8-19)28-33(30,31)24-13-9-21(26)10-14-24/h4-14,16-18,28H,15H2,1-3H3,(H,27,29). The van der Waals surface area contributed by atoms with Gasteiger partial charge >= 0.3 is 0 Å². The van der Waals surface area contributed by atoms with E-state index in [0.717, 1.165) is 29.0 Å². The van der Waals surface area contributed by atoms with Crippen LogP contribution < -0.4 is 14.8 Å². The number of carbonyl (C=O) groups is 1. The van der Waals surface area contributed by atoms with Crippen molar-refractivity contribution in [2.24, 2.45) is 0 Å². The van der Waals surface area contributed by atoms with Gasteiger partial charge in [-0.1, -0.05) is 24.3 Å². The number of anilines is 1. The number of sulfonamides is 1. The predicted octanol–water partition coefficient (Wildman–Crippen LogP) is 4.83. The van der Waals surface area contributed by atoms with Crippen molar-refractivity contribution in [3.63, 3.8) is 0 Å². The maximum Gasteiger partial charge on any atom is 0.261 e. The Labute approximate surface area is 193 Å². The summed E-state index contributed by atoms with van der Waals surface area (Å²) in [7, 11) is -3.83. The van der Waals surface area contributed by atoms with Crippen LogP contribution >= 0.6 is 0 Å². The topological polar surface area (TPSA) is 84.5 Å². The molecule has 0 aromatic heterocycles. The lowest BCUT2D eigenvalue weighted by molar-refractivity contribution is -0.121. The first-order valence-electron chi connectivity index (χ1n) is 10.6. The molecule has 0 bridgehead atoms. The summed E-state index contributed by atoms with van der Waals surface area (Å²) in [5, 5.41) is 2.97. The van der Waals surface area contributed by atoms with Gasteiger partial charge in [0.2, 0.25) is 5.91 Å². The lowest BCUT2D eigenvalue weighted by Crippen LogP contribution is -2.28. The normalized spacial score (nSPS) is 12.3. The van der Waals surface area contributed by atoms with E-state index in [0.29, 0.717) is 5.69 Å². The zero-order chi connectivity index (χ0) is 24.0. The first-order chi connectivity index (χ1) is 15.6. The molecule has 0 aliphatic rings. The first-order valence-corrected chi connectivity index (χ1v) is 12.0. The summed E-state index contributed by atoms with van der Waals surface area (Å²) in [6, 6.07) is 18.5. The van der Waals surface area contributed by atoms with Gasteiger partial charge in [0, 0.05) is 5.69 Å². The van der Waals surface area contributed by atoms with E-state index in [2.05, 4.69) is 10.0 Å². The van der Waals surface area contributed by atoms with Crippen molar-refractivity contribution in [2.75, 3.05) is 4.72 Å². The SMILES string of the molecule is CC(C)Oc1cccc(C(C)NC(=O)Cc2ccc(NS(=O)(=O)c3ccc(F)cc3)cc2)c1. The molecule has 0 saturated heterocycles. The van der Waals surface area contributed by atoms with Gasteiger partial charge in [-0.25, -0.2) is 12.8 Å². The van der Waals surface area contributed by atoms with Crippen LogP contribution in [0.5, 0.6) is 5.75 Å². The predicted molar refractivity (Wildman–Crippen MR) is 126 cm³/mol. The van der Waals surface area contributed by atoms with Crippen molar-refractivity contribution in [2.45, 2.75) is 44.2 Å². The van der Waals surface area contributed by atoms with Crippen molar-refractivity contribution >= 4 is 21.6 Å². The summed E-state index contributed by atoms with van der Waals surface area (Å²) in [6.45, 7) is 5.81. The maximum absolute atomic E-state index is 13.0. The van der Waals surface area contributed by atoms with Gasteiger partial charge in [0.15, 0.2) is 0 Å². The molecule has 3 rings (SSSR count). The molecule has 33 heavy (non-hydrogen) atoms. The second kappa shape index (κ2) is 10.5. The molecule has 0 aliphatic carbocycles. The highest BCUT2D eigenvalue weighted by molar-refractivity contribution is 7.92. The molecule has 8 heteroatoms. The summed E-state index contributed by atoms with van der Waals surface area (Å²) in [6.07, 6.45) is 0.214. The highest BCUT2D eigenvalue weighted by atomic mass is 32.2. The molecule has 6 nitrogen and oxygen atoms in total. The molecule has 0 radical (unpaired) electrons. The van der Waals surface area contributed by atoms with E-state index < -0.39 is 15.8 Å². The number of benzene rings is 3. The third-order valence-corrected chi connectivity index (χ3v) is 6.20. The number of ether oxygens (including phenoxy) is 1. The Morgan fingerprint density at radius 1 is 0.970 bits per heavy atom. The van der Waals surface area contributed by atoms with Crippen LogP contribution in [0.15, 0.2) is 77.7 Å². The number of nitrogens with one attached hydrogen (secondary N) is 2. The Morgan fingerprint density at radius 2 is 1.64 bits per heavy atom. The molecule has 3 aromatic carbocycles. The van der Waals surface area contributed by atoms with Gasteiger partial charge in [0.05, 0.1) is 23.5 Å². The Bertz CT molecular complexity index is 1190. The fourth-order valence-electron chi connectivity index (χ4n) is 3.21. The highest BCUT2D eigenvalue weighted by Crippen LogP contribution is 2.21. The van der Waals surface area contributed by atoms with Crippen molar-refractivity contribution < 1.29 is 22.3 Å². The quantitative estimate of drug-likeness (QED) is 0.469. The molecule has 0 fully saturated rings. The van der Waals surface area contributed by atoms with Crippen LogP contribution in [-0.4, -0.2) is 20.4 Å². The molecule has 3 aromatic rings. The number of halogens is 1. The highest BCUT2D eigenvalue weighted by Gasteiger charge is 2.15. The van der Waals surface area contributed by atoms with Gasteiger partial charge in [0.1, 0.15) is 11.6 Å². The van der Waals surface area contributed by atoms with Crippen LogP contribution in [0, 0.1) is 5.82 Å². The molecular formula is C25H27FN2O4S. The van der Waals surface area contributed by atoms with E-state index in [4.69, 9.17) is 4.74 Å². The van der Waals surface area contributed by atoms with Crippen LogP contribution in [0.3, 0.4) is 0 Å². The summed E-state index contributed by atoms with van der Waals surface area (Å²) in [5.74, 6) is 0.0853. The minimum Gasteiger partial charge on any atom is -0.491 e. The summed E-state index contributed by atoms with van der Waals surface area (Å²) >= 11 is 0. The molecular weight excluding hydrogens is 443 g/mol. The third kappa shape index (κ3) is 7.05. The molecule has 174 valence electrons. The van der Waals surface area contributed by atoms with Crippen LogP contribution in [0.2, 0.25) is 0 Å². The zero-order valence-corrected chi connectivity index (χ0v) is 19.5. The van der Waals surface area contributed by atoms with E-state index in [1.54, 1.807) is 24.3 Å². The fourth-order valence-corrected chi connectivity index (χ4v) is 4.27. The van der Waals surface area contributed by atoms with Gasteiger partial charge in [-0.05, 0) is 80.4 Å². The Kier molecular flexibility index (Phi) is 7.71. The lowest BCUT2D eigenvalue weighted by atomic mass is 10.1. The van der Waals surface area contributed by atoms with Gasteiger partial charge in [-0.2, -0.15) is 0 Å². The first kappa shape index (κ1) is 24.3. The van der Waals surface area contributed by atoms with E-state index >= 15 is 0 Å². The number of hydrogen-bond acceptors (Lipinski definition) is 4. The lowest BCUT2D eigenvalue weighted by Gasteiger charge is -2.17. The summed E-state index contributed by atoms with van der Waals surface area (Å²) in [5.41, 5.74) is 2.02. The second-order valence-electron chi connectivity index (χ2n) is 7.96. The van der Waals surface area contributed by atoms with Crippen molar-refractivity contribution in [1.29, 1.82) is 0 Å². The number of carbonyl (C=O) groups excluding carboxylic acids is 1. The van der Waals surface area contributed by atoms with Crippen LogP contribution in [-0.2, 0) is 21.2 Å². The van der Waals surface area contributed by atoms with Crippen molar-refractivity contribution in [3.05, 3.63) is 89.7 Å². The average molecular weight is 471 g/mol. The van der Waals surface area contributed by atoms with Gasteiger partial charge < -0.3 is 10.1 Å². The molecule has 1 atom stereocenters. The average Bonchev–Trinajstić information content (AvgIpc) is 2.75. The van der Waals surface area contributed by atoms with Crippen LogP contribution in [0.25, 0.3) is 0 Å². The summed E-state index contributed by atoms with van der Waals surface area (Å²) in [4.78, 5) is 12.5. The van der Waals surface area contributed by atoms with Crippen LogP contribution in [0.1, 0.15) is 37.9 Å². The van der Waals surface area contributed by atoms with E-state index in [1.165, 1.54) is 12.1 Å². The second-order valence-corrected chi connectivity index (χ2v) is 9.64. The largest absolute Gasteiger partial charge is 0.491 e. The Hall–Kier alpha value is -3.39. The van der Waals surface area contributed by atoms with Gasteiger partial charge in [-0.3, -0.25) is 9.52 Å². The molecule has 2 N–H and O–H groups in total. The summed E-state index contributed by atoms with van der Waals surface area (Å²) < 4.78 is 46.0. The monoisotopic (exact) mass is 470 g/mol. The van der Waals surface area contributed by atoms with E-state index in [1.807, 2.05) is 45.0 Å². The van der Waals surface area contributed by atoms with Crippen molar-refractivity contribution in [1.82, 2.24) is 5.32 Å². The Balaban J connectivity index is 1.58. The third-order valence-electron chi connectivity index (χ3n) is 4.80. The smallest absolute Gasteiger partial charge is 0.261 e. The van der Waals surface area contributed by atoms with E-state index in [-0.39, 0.29) is 29.4 Å². The molecule has 0 heterocycles. The number of amides is 1.